The van der Waals surface area contributed by atoms with Crippen LogP contribution in [0.2, 0.25) is 0 Å². The van der Waals surface area contributed by atoms with Crippen LogP contribution in [0.5, 0.6) is 0 Å². The van der Waals surface area contributed by atoms with Gasteiger partial charge in [-0.05, 0) is 18.3 Å². The van der Waals surface area contributed by atoms with Crippen LogP contribution in [0.1, 0.15) is 33.6 Å². The molecule has 0 N–H and O–H groups in total. The van der Waals surface area contributed by atoms with Gasteiger partial charge < -0.3 is 0 Å². The first-order chi connectivity index (χ1) is 4.11. The van der Waals surface area contributed by atoms with E-state index in [9.17, 15) is 0 Å². The molecule has 9 heavy (non-hydrogen) atoms. The molecular formula is C8H16N. The first kappa shape index (κ1) is 7.07. The normalized spacial score (nSPS) is 29.0. The Bertz CT molecular complexity index is 85.2. The molecule has 0 aromatic rings. The minimum atomic E-state index is 0.413. The maximum Gasteiger partial charge on any atom is 0.0294 e. The van der Waals surface area contributed by atoms with Gasteiger partial charge in [-0.1, -0.05) is 20.8 Å². The van der Waals surface area contributed by atoms with Crippen molar-refractivity contribution in [1.29, 1.82) is 0 Å². The van der Waals surface area contributed by atoms with Crippen molar-refractivity contribution in [2.24, 2.45) is 5.41 Å². The number of hydrogen-bond acceptors (Lipinski definition) is 0. The first-order valence-electron chi connectivity index (χ1n) is 3.77. The van der Waals surface area contributed by atoms with Gasteiger partial charge in [-0.15, -0.1) is 0 Å². The zero-order valence-corrected chi connectivity index (χ0v) is 6.65. The summed E-state index contributed by atoms with van der Waals surface area (Å²) < 4.78 is 0. The van der Waals surface area contributed by atoms with Gasteiger partial charge in [0.2, 0.25) is 0 Å². The molecule has 1 rings (SSSR count). The summed E-state index contributed by atoms with van der Waals surface area (Å²) >= 11 is 0. The van der Waals surface area contributed by atoms with Crippen LogP contribution in [0.25, 0.3) is 0 Å². The Morgan fingerprint density at radius 3 is 2.22 bits per heavy atom. The molecule has 1 heterocycles. The fraction of sp³-hybridized carbons (Fsp3) is 1.00. The third kappa shape index (κ3) is 1.68. The Labute approximate surface area is 57.8 Å². The van der Waals surface area contributed by atoms with Crippen LogP contribution in [0.3, 0.4) is 0 Å². The highest BCUT2D eigenvalue weighted by Crippen LogP contribution is 2.26. The molecule has 0 unspecified atom stereocenters. The van der Waals surface area contributed by atoms with Crippen molar-refractivity contribution in [2.45, 2.75) is 39.7 Å². The van der Waals surface area contributed by atoms with Crippen LogP contribution in [0.4, 0.5) is 0 Å². The Morgan fingerprint density at radius 2 is 2.00 bits per heavy atom. The molecule has 1 fully saturated rings. The number of nitrogens with zero attached hydrogens (tertiary/aromatic N) is 1. The predicted octanol–water partition coefficient (Wildman–Crippen LogP) is 1.80. The summed E-state index contributed by atoms with van der Waals surface area (Å²) in [7, 11) is 0. The van der Waals surface area contributed by atoms with Crippen molar-refractivity contribution in [1.82, 2.24) is 5.32 Å². The van der Waals surface area contributed by atoms with Crippen molar-refractivity contribution in [3.63, 3.8) is 0 Å². The summed E-state index contributed by atoms with van der Waals surface area (Å²) in [6, 6.07) is 0.637. The second-order valence-electron chi connectivity index (χ2n) is 3.93. The first-order valence-corrected chi connectivity index (χ1v) is 3.77. The highest BCUT2D eigenvalue weighted by Gasteiger charge is 2.27. The van der Waals surface area contributed by atoms with Gasteiger partial charge in [0.15, 0.2) is 0 Å². The molecule has 0 amide bonds. The minimum Gasteiger partial charge on any atom is -0.238 e. The molecule has 0 aromatic carbocycles. The molecule has 0 aromatic heterocycles. The van der Waals surface area contributed by atoms with E-state index in [-0.39, 0.29) is 0 Å². The summed E-state index contributed by atoms with van der Waals surface area (Å²) in [6.07, 6.45) is 2.62. The van der Waals surface area contributed by atoms with Crippen molar-refractivity contribution in [2.75, 3.05) is 6.54 Å². The number of hydrogen-bond donors (Lipinski definition) is 0. The molecule has 1 nitrogen and oxygen atoms in total. The Hall–Kier alpha value is -0.0400. The van der Waals surface area contributed by atoms with Gasteiger partial charge in [0.05, 0.1) is 0 Å². The van der Waals surface area contributed by atoms with E-state index >= 15 is 0 Å². The number of rotatable bonds is 0. The lowest BCUT2D eigenvalue weighted by Crippen LogP contribution is -2.30. The second-order valence-corrected chi connectivity index (χ2v) is 3.93. The minimum absolute atomic E-state index is 0.413. The molecule has 1 heteroatoms. The summed E-state index contributed by atoms with van der Waals surface area (Å²) in [5, 5.41) is 4.51. The lowest BCUT2D eigenvalue weighted by molar-refractivity contribution is 0.291. The molecule has 0 saturated carbocycles. The summed E-state index contributed by atoms with van der Waals surface area (Å²) in [4.78, 5) is 0. The molecule has 0 spiro atoms. The highest BCUT2D eigenvalue weighted by atomic mass is 14.9. The Balaban J connectivity index is 2.42. The van der Waals surface area contributed by atoms with Crippen LogP contribution < -0.4 is 5.32 Å². The van der Waals surface area contributed by atoms with Crippen molar-refractivity contribution >= 4 is 0 Å². The molecule has 1 saturated heterocycles. The van der Waals surface area contributed by atoms with Gasteiger partial charge in [-0.2, -0.15) is 0 Å². The molecule has 1 aliphatic heterocycles. The maximum atomic E-state index is 4.51. The van der Waals surface area contributed by atoms with Crippen LogP contribution in [-0.2, 0) is 0 Å². The monoisotopic (exact) mass is 126 g/mol. The zero-order chi connectivity index (χ0) is 6.91. The highest BCUT2D eigenvalue weighted by molar-refractivity contribution is 4.84. The third-order valence-electron chi connectivity index (χ3n) is 1.98. The second kappa shape index (κ2) is 2.30. The third-order valence-corrected chi connectivity index (χ3v) is 1.98. The topological polar surface area (TPSA) is 14.1 Å². The summed E-state index contributed by atoms with van der Waals surface area (Å²) in [5.74, 6) is 0. The van der Waals surface area contributed by atoms with Gasteiger partial charge >= 0.3 is 0 Å². The SMILES string of the molecule is CC(C)(C)[C@H]1CCC[N]1. The quantitative estimate of drug-likeness (QED) is 0.470. The average Bonchev–Trinajstić information content (AvgIpc) is 2.08. The zero-order valence-electron chi connectivity index (χ0n) is 6.65. The molecular weight excluding hydrogens is 110 g/mol. The van der Waals surface area contributed by atoms with E-state index in [1.807, 2.05) is 0 Å². The Morgan fingerprint density at radius 1 is 1.33 bits per heavy atom. The molecule has 0 aliphatic carbocycles. The van der Waals surface area contributed by atoms with E-state index in [4.69, 9.17) is 0 Å². The molecule has 1 radical (unpaired) electrons. The average molecular weight is 126 g/mol. The fourth-order valence-corrected chi connectivity index (χ4v) is 1.33. The maximum absolute atomic E-state index is 4.51. The van der Waals surface area contributed by atoms with E-state index in [0.29, 0.717) is 11.5 Å². The smallest absolute Gasteiger partial charge is 0.0294 e. The van der Waals surface area contributed by atoms with Gasteiger partial charge in [0.25, 0.3) is 0 Å². The van der Waals surface area contributed by atoms with Crippen molar-refractivity contribution in [3.8, 4) is 0 Å². The van der Waals surface area contributed by atoms with E-state index in [0.717, 1.165) is 6.54 Å². The summed E-state index contributed by atoms with van der Waals surface area (Å²) in [5.41, 5.74) is 0.413. The van der Waals surface area contributed by atoms with E-state index < -0.39 is 0 Å². The lowest BCUT2D eigenvalue weighted by atomic mass is 9.86. The van der Waals surface area contributed by atoms with Crippen LogP contribution in [-0.4, -0.2) is 12.6 Å². The van der Waals surface area contributed by atoms with E-state index in [2.05, 4.69) is 26.1 Å². The van der Waals surface area contributed by atoms with Gasteiger partial charge in [0.1, 0.15) is 0 Å². The lowest BCUT2D eigenvalue weighted by Gasteiger charge is -2.25. The van der Waals surface area contributed by atoms with Crippen molar-refractivity contribution in [3.05, 3.63) is 0 Å². The molecule has 0 bridgehead atoms. The standard InChI is InChI=1S/C8H16N/c1-8(2,3)7-5-4-6-9-7/h7H,4-6H2,1-3H3/t7-/m1/s1. The van der Waals surface area contributed by atoms with Crippen LogP contribution in [0.15, 0.2) is 0 Å². The molecule has 1 aliphatic rings. The largest absolute Gasteiger partial charge is 0.238 e. The van der Waals surface area contributed by atoms with Gasteiger partial charge in [-0.25, -0.2) is 5.32 Å². The van der Waals surface area contributed by atoms with Crippen molar-refractivity contribution < 1.29 is 0 Å². The van der Waals surface area contributed by atoms with Crippen LogP contribution >= 0.6 is 0 Å². The molecule has 1 atom stereocenters. The van der Waals surface area contributed by atoms with E-state index in [1.165, 1.54) is 12.8 Å². The summed E-state index contributed by atoms with van der Waals surface area (Å²) in [6.45, 7) is 7.91. The van der Waals surface area contributed by atoms with Crippen LogP contribution in [0, 0.1) is 5.41 Å². The van der Waals surface area contributed by atoms with Gasteiger partial charge in [0, 0.05) is 12.6 Å². The predicted molar refractivity (Wildman–Crippen MR) is 39.5 cm³/mol. The fourth-order valence-electron chi connectivity index (χ4n) is 1.33. The van der Waals surface area contributed by atoms with E-state index in [1.54, 1.807) is 0 Å². The van der Waals surface area contributed by atoms with Gasteiger partial charge in [-0.3, -0.25) is 0 Å². The Kier molecular flexibility index (Phi) is 1.80. The molecule has 53 valence electrons.